The van der Waals surface area contributed by atoms with Crippen molar-refractivity contribution in [2.24, 2.45) is 11.1 Å². The van der Waals surface area contributed by atoms with E-state index in [1.807, 2.05) is 25.1 Å². The van der Waals surface area contributed by atoms with Gasteiger partial charge in [-0.15, -0.1) is 11.8 Å². The average molecular weight is 672 g/mol. The third kappa shape index (κ3) is 10.7. The standard InChI is InChI=1S/C30H29ClF3NO5S3/c1-20(28(36)22-6-4-3-5-7-22)8-9-21(2)42-26-14-10-23(11-15-26)29(37)27(35-40-43(38,39)30(32,33)34)18-19-41-25-16-12-24(31)13-17-25/h3-10,12,14-16,23H,11,13,17-19H2,1-2H3/b20-8+,21-9+,35-27+. The molecule has 0 fully saturated rings. The lowest BCUT2D eigenvalue weighted by molar-refractivity contribution is -0.115. The summed E-state index contributed by atoms with van der Waals surface area (Å²) in [6.07, 6.45) is 13.7. The second-order valence-corrected chi connectivity index (χ2v) is 14.0. The summed E-state index contributed by atoms with van der Waals surface area (Å²) in [5.74, 6) is -1.18. The number of carbonyl (C=O) groups is 2. The second kappa shape index (κ2) is 15.8. The van der Waals surface area contributed by atoms with Gasteiger partial charge in [0.2, 0.25) is 0 Å². The highest BCUT2D eigenvalue weighted by Gasteiger charge is 2.49. The predicted molar refractivity (Wildman–Crippen MR) is 168 cm³/mol. The largest absolute Gasteiger partial charge is 0.536 e. The molecule has 0 aliphatic heterocycles. The van der Waals surface area contributed by atoms with Gasteiger partial charge in [-0.2, -0.15) is 21.6 Å². The molecular formula is C30H29ClF3NO5S3. The third-order valence-electron chi connectivity index (χ3n) is 6.14. The number of allylic oxidation sites excluding steroid dienone is 11. The molecule has 1 aromatic carbocycles. The van der Waals surface area contributed by atoms with Crippen LogP contribution in [0.5, 0.6) is 0 Å². The minimum absolute atomic E-state index is 0.0765. The minimum atomic E-state index is -6.01. The van der Waals surface area contributed by atoms with E-state index in [-0.39, 0.29) is 24.4 Å². The summed E-state index contributed by atoms with van der Waals surface area (Å²) in [7, 11) is -6.01. The van der Waals surface area contributed by atoms with Crippen LogP contribution in [0.2, 0.25) is 0 Å². The number of halogens is 4. The molecule has 1 unspecified atom stereocenters. The zero-order chi connectivity index (χ0) is 31.6. The summed E-state index contributed by atoms with van der Waals surface area (Å²) in [5, 5.41) is 3.87. The molecule has 0 N–H and O–H groups in total. The van der Waals surface area contributed by atoms with Crippen molar-refractivity contribution >= 4 is 62.5 Å². The smallest absolute Gasteiger partial charge is 0.292 e. The van der Waals surface area contributed by atoms with Crippen LogP contribution < -0.4 is 0 Å². The fourth-order valence-electron chi connectivity index (χ4n) is 3.78. The molecular weight excluding hydrogens is 643 g/mol. The molecule has 0 saturated carbocycles. The van der Waals surface area contributed by atoms with E-state index in [4.69, 9.17) is 11.6 Å². The fraction of sp³-hybridized carbons (Fsp3) is 0.300. The number of carbonyl (C=O) groups excluding carboxylic acids is 2. The van der Waals surface area contributed by atoms with E-state index < -0.39 is 33.0 Å². The first-order valence-electron chi connectivity index (χ1n) is 13.1. The molecule has 43 heavy (non-hydrogen) atoms. The summed E-state index contributed by atoms with van der Waals surface area (Å²) in [6, 6.07) is 8.93. The number of thioether (sulfide) groups is 2. The van der Waals surface area contributed by atoms with Crippen molar-refractivity contribution in [1.82, 2.24) is 0 Å². The number of oxime groups is 1. The van der Waals surface area contributed by atoms with Crippen LogP contribution in [0.25, 0.3) is 0 Å². The number of hydrogen-bond donors (Lipinski definition) is 0. The molecule has 0 radical (unpaired) electrons. The van der Waals surface area contributed by atoms with Crippen LogP contribution >= 0.6 is 35.1 Å². The van der Waals surface area contributed by atoms with Gasteiger partial charge in [-0.05, 0) is 54.6 Å². The first-order chi connectivity index (χ1) is 20.3. The van der Waals surface area contributed by atoms with E-state index in [0.717, 1.165) is 14.7 Å². The first-order valence-corrected chi connectivity index (χ1v) is 16.7. The Morgan fingerprint density at radius 3 is 2.44 bits per heavy atom. The van der Waals surface area contributed by atoms with E-state index >= 15 is 0 Å². The van der Waals surface area contributed by atoms with Crippen molar-refractivity contribution in [3.8, 4) is 0 Å². The van der Waals surface area contributed by atoms with Crippen molar-refractivity contribution in [3.63, 3.8) is 0 Å². The first kappa shape index (κ1) is 34.7. The van der Waals surface area contributed by atoms with Gasteiger partial charge in [0.1, 0.15) is 5.71 Å². The predicted octanol–water partition coefficient (Wildman–Crippen LogP) is 8.63. The fourth-order valence-corrected chi connectivity index (χ4v) is 6.01. The maximum atomic E-state index is 13.2. The highest BCUT2D eigenvalue weighted by atomic mass is 35.5. The summed E-state index contributed by atoms with van der Waals surface area (Å²) < 4.78 is 65.0. The van der Waals surface area contributed by atoms with Crippen LogP contribution in [0.3, 0.4) is 0 Å². The maximum Gasteiger partial charge on any atom is 0.536 e. The van der Waals surface area contributed by atoms with Gasteiger partial charge < -0.3 is 0 Å². The molecule has 1 atom stereocenters. The van der Waals surface area contributed by atoms with Gasteiger partial charge in [0.15, 0.2) is 11.6 Å². The normalized spacial score (nSPS) is 18.5. The van der Waals surface area contributed by atoms with Crippen LogP contribution in [0, 0.1) is 5.92 Å². The number of hydrogen-bond acceptors (Lipinski definition) is 8. The van der Waals surface area contributed by atoms with E-state index in [1.165, 1.54) is 23.5 Å². The Morgan fingerprint density at radius 1 is 1.12 bits per heavy atom. The van der Waals surface area contributed by atoms with Crippen LogP contribution in [-0.4, -0.2) is 37.0 Å². The van der Waals surface area contributed by atoms with E-state index in [2.05, 4.69) is 9.44 Å². The number of ketones is 2. The van der Waals surface area contributed by atoms with Gasteiger partial charge >= 0.3 is 15.6 Å². The molecule has 6 nitrogen and oxygen atoms in total. The molecule has 0 amide bonds. The van der Waals surface area contributed by atoms with E-state index in [0.29, 0.717) is 29.0 Å². The molecule has 230 valence electrons. The number of nitrogens with zero attached hydrogens (tertiary/aromatic N) is 1. The molecule has 0 bridgehead atoms. The molecule has 0 spiro atoms. The Balaban J connectivity index is 1.65. The lowest BCUT2D eigenvalue weighted by Crippen LogP contribution is -2.27. The molecule has 2 aliphatic carbocycles. The summed E-state index contributed by atoms with van der Waals surface area (Å²) >= 11 is 8.76. The highest BCUT2D eigenvalue weighted by Crippen LogP contribution is 2.33. The Hall–Kier alpha value is -2.80. The number of benzene rings is 1. The zero-order valence-electron chi connectivity index (χ0n) is 23.3. The van der Waals surface area contributed by atoms with Gasteiger partial charge in [0, 0.05) is 33.6 Å². The molecule has 2 aliphatic rings. The molecule has 3 rings (SSSR count). The average Bonchev–Trinajstić information content (AvgIpc) is 2.98. The molecule has 1 aromatic rings. The third-order valence-corrected chi connectivity index (χ3v) is 9.41. The van der Waals surface area contributed by atoms with Crippen molar-refractivity contribution in [2.75, 3.05) is 5.75 Å². The van der Waals surface area contributed by atoms with Crippen molar-refractivity contribution in [2.45, 2.75) is 45.0 Å². The topological polar surface area (TPSA) is 89.9 Å². The number of alkyl halides is 3. The Labute approximate surface area is 262 Å². The monoisotopic (exact) mass is 671 g/mol. The van der Waals surface area contributed by atoms with E-state index in [9.17, 15) is 31.2 Å². The summed E-state index contributed by atoms with van der Waals surface area (Å²) in [4.78, 5) is 28.4. The SMILES string of the molecule is C/C(=C\C=C(/C)C(=O)c1ccccc1)SC1=CCC(C(=O)/C(CCSC2=CC=C(Cl)CC2)=N/OS(=O)(=O)C(F)(F)F)C=C1. The summed E-state index contributed by atoms with van der Waals surface area (Å²) in [5.41, 5.74) is -4.90. The molecule has 0 saturated heterocycles. The minimum Gasteiger partial charge on any atom is -0.292 e. The van der Waals surface area contributed by atoms with Crippen LogP contribution in [0.1, 0.15) is 49.9 Å². The zero-order valence-corrected chi connectivity index (χ0v) is 26.5. The molecule has 0 aromatic heterocycles. The van der Waals surface area contributed by atoms with Crippen LogP contribution in [-0.2, 0) is 19.2 Å². The van der Waals surface area contributed by atoms with Crippen molar-refractivity contribution in [1.29, 1.82) is 0 Å². The van der Waals surface area contributed by atoms with Gasteiger partial charge in [0.05, 0.1) is 0 Å². The second-order valence-electron chi connectivity index (χ2n) is 9.45. The molecule has 0 heterocycles. The van der Waals surface area contributed by atoms with Crippen molar-refractivity contribution in [3.05, 3.63) is 104 Å². The van der Waals surface area contributed by atoms with Crippen LogP contribution in [0.15, 0.2) is 103 Å². The summed E-state index contributed by atoms with van der Waals surface area (Å²) in [6.45, 7) is 3.61. The van der Waals surface area contributed by atoms with Gasteiger partial charge in [0.25, 0.3) is 0 Å². The van der Waals surface area contributed by atoms with Crippen LogP contribution in [0.4, 0.5) is 13.2 Å². The number of Topliss-reactive ketones (excluding diaryl/α,β-unsaturated/α-hetero) is 2. The van der Waals surface area contributed by atoms with E-state index in [1.54, 1.807) is 61.6 Å². The Bertz CT molecular complexity index is 1540. The van der Waals surface area contributed by atoms with Gasteiger partial charge in [-0.1, -0.05) is 95.3 Å². The lowest BCUT2D eigenvalue weighted by Gasteiger charge is -2.17. The lowest BCUT2D eigenvalue weighted by atomic mass is 9.92. The highest BCUT2D eigenvalue weighted by molar-refractivity contribution is 8.06. The molecule has 13 heteroatoms. The maximum absolute atomic E-state index is 13.2. The quantitative estimate of drug-likeness (QED) is 0.0518. The van der Waals surface area contributed by atoms with Gasteiger partial charge in [-0.3, -0.25) is 13.9 Å². The Morgan fingerprint density at radius 2 is 1.84 bits per heavy atom. The Kier molecular flexibility index (Phi) is 12.7. The van der Waals surface area contributed by atoms with Crippen molar-refractivity contribution < 1.29 is 35.5 Å². The number of rotatable bonds is 13. The van der Waals surface area contributed by atoms with Gasteiger partial charge in [-0.25, -0.2) is 0 Å².